The Hall–Kier alpha value is -2.28. The second-order valence-corrected chi connectivity index (χ2v) is 3.35. The molecule has 0 aliphatic rings. The molecule has 0 aromatic heterocycles. The van der Waals surface area contributed by atoms with Crippen molar-refractivity contribution >= 4 is 17.7 Å². The number of carboxylic acid groups (broad SMARTS) is 1. The van der Waals surface area contributed by atoms with Crippen molar-refractivity contribution in [3.8, 4) is 5.75 Å². The molecule has 0 spiro atoms. The van der Waals surface area contributed by atoms with Gasteiger partial charge in [-0.1, -0.05) is 6.07 Å². The summed E-state index contributed by atoms with van der Waals surface area (Å²) < 4.78 is 0. The molecule has 0 unspecified atom stereocenters. The van der Waals surface area contributed by atoms with Crippen LogP contribution in [0.15, 0.2) is 24.3 Å². The zero-order valence-corrected chi connectivity index (χ0v) is 9.79. The zero-order valence-electron chi connectivity index (χ0n) is 9.79. The highest BCUT2D eigenvalue weighted by Gasteiger charge is 2.14. The lowest BCUT2D eigenvalue weighted by Gasteiger charge is -2.20. The Morgan fingerprint density at radius 2 is 2.17 bits per heavy atom. The van der Waals surface area contributed by atoms with E-state index in [4.69, 9.17) is 5.11 Å². The van der Waals surface area contributed by atoms with E-state index in [0.29, 0.717) is 12.2 Å². The van der Waals surface area contributed by atoms with E-state index < -0.39 is 18.6 Å². The molecule has 0 fully saturated rings. The summed E-state index contributed by atoms with van der Waals surface area (Å²) in [5.41, 5.74) is 2.49. The number of carboxylic acids is 1. The summed E-state index contributed by atoms with van der Waals surface area (Å²) in [5.74, 6) is -1.15. The predicted molar refractivity (Wildman–Crippen MR) is 63.2 cm³/mol. The molecule has 1 aromatic carbocycles. The lowest BCUT2D eigenvalue weighted by molar-refractivity contribution is -0.143. The number of nitrogens with zero attached hydrogens (tertiary/aromatic N) is 1. The maximum Gasteiger partial charge on any atom is 0.345 e. The molecule has 2 amide bonds. The summed E-state index contributed by atoms with van der Waals surface area (Å²) in [4.78, 5) is 27.7. The number of hydrogen-bond donors (Lipinski definition) is 3. The van der Waals surface area contributed by atoms with Crippen LogP contribution in [-0.2, 0) is 9.63 Å². The number of hydroxylamine groups is 1. The molecule has 0 radical (unpaired) electrons. The van der Waals surface area contributed by atoms with Crippen LogP contribution < -0.4 is 10.4 Å². The smallest absolute Gasteiger partial charge is 0.345 e. The van der Waals surface area contributed by atoms with Gasteiger partial charge in [0.1, 0.15) is 5.75 Å². The third-order valence-electron chi connectivity index (χ3n) is 2.06. The van der Waals surface area contributed by atoms with Crippen LogP contribution >= 0.6 is 0 Å². The van der Waals surface area contributed by atoms with Crippen LogP contribution in [0.25, 0.3) is 0 Å². The van der Waals surface area contributed by atoms with Gasteiger partial charge < -0.3 is 10.2 Å². The van der Waals surface area contributed by atoms with Crippen molar-refractivity contribution in [3.05, 3.63) is 24.3 Å². The molecule has 0 saturated heterocycles. The fourth-order valence-corrected chi connectivity index (χ4v) is 1.32. The Kier molecular flexibility index (Phi) is 4.94. The molecule has 0 bridgehead atoms. The quantitative estimate of drug-likeness (QED) is 0.679. The Labute approximate surface area is 104 Å². The van der Waals surface area contributed by atoms with Crippen molar-refractivity contribution in [2.75, 3.05) is 18.1 Å². The van der Waals surface area contributed by atoms with Gasteiger partial charge in [-0.05, 0) is 19.1 Å². The normalized spacial score (nSPS) is 9.83. The first-order chi connectivity index (χ1) is 8.54. The van der Waals surface area contributed by atoms with Gasteiger partial charge in [-0.2, -0.15) is 0 Å². The summed E-state index contributed by atoms with van der Waals surface area (Å²) in [7, 11) is 0. The van der Waals surface area contributed by atoms with Crippen molar-refractivity contribution in [3.63, 3.8) is 0 Å². The number of hydrogen-bond acceptors (Lipinski definition) is 4. The van der Waals surface area contributed by atoms with E-state index in [0.717, 1.165) is 0 Å². The van der Waals surface area contributed by atoms with Crippen LogP contribution in [0.5, 0.6) is 5.75 Å². The van der Waals surface area contributed by atoms with Gasteiger partial charge >= 0.3 is 12.0 Å². The largest absolute Gasteiger partial charge is 0.508 e. The zero-order chi connectivity index (χ0) is 13.5. The summed E-state index contributed by atoms with van der Waals surface area (Å²) in [6, 6.07) is 5.53. The van der Waals surface area contributed by atoms with Gasteiger partial charge in [0, 0.05) is 18.3 Å². The van der Waals surface area contributed by atoms with Crippen molar-refractivity contribution in [1.29, 1.82) is 0 Å². The molecule has 18 heavy (non-hydrogen) atoms. The van der Waals surface area contributed by atoms with E-state index in [-0.39, 0.29) is 5.75 Å². The van der Waals surface area contributed by atoms with Gasteiger partial charge in [-0.25, -0.2) is 15.1 Å². The number of anilines is 1. The number of nitrogens with one attached hydrogen (secondary N) is 1. The molecule has 0 saturated carbocycles. The number of phenols is 1. The average molecular weight is 254 g/mol. The van der Waals surface area contributed by atoms with Gasteiger partial charge in [0.15, 0.2) is 6.61 Å². The average Bonchev–Trinajstić information content (AvgIpc) is 2.29. The number of amides is 2. The van der Waals surface area contributed by atoms with Gasteiger partial charge in [0.2, 0.25) is 0 Å². The number of rotatable bonds is 5. The van der Waals surface area contributed by atoms with E-state index in [1.807, 2.05) is 5.48 Å². The lowest BCUT2D eigenvalue weighted by atomic mass is 10.3. The molecule has 0 heterocycles. The number of aromatic hydroxyl groups is 1. The molecule has 3 N–H and O–H groups in total. The van der Waals surface area contributed by atoms with Crippen LogP contribution in [0.1, 0.15) is 6.92 Å². The monoisotopic (exact) mass is 254 g/mol. The van der Waals surface area contributed by atoms with Crippen LogP contribution in [0.2, 0.25) is 0 Å². The number of benzene rings is 1. The fourth-order valence-electron chi connectivity index (χ4n) is 1.32. The standard InChI is InChI=1S/C11H14N2O5/c1-2-13(8-4-3-5-9(14)6-8)11(17)12-18-7-10(15)16/h3-6,14H,2,7H2,1H3,(H,12,17)(H,15,16). The van der Waals surface area contributed by atoms with E-state index >= 15 is 0 Å². The van der Waals surface area contributed by atoms with Crippen molar-refractivity contribution < 1.29 is 24.6 Å². The second-order valence-electron chi connectivity index (χ2n) is 3.35. The molecule has 1 aromatic rings. The van der Waals surface area contributed by atoms with Crippen molar-refractivity contribution in [1.82, 2.24) is 5.48 Å². The highest BCUT2D eigenvalue weighted by molar-refractivity contribution is 5.91. The Balaban J connectivity index is 2.65. The summed E-state index contributed by atoms with van der Waals surface area (Å²) >= 11 is 0. The van der Waals surface area contributed by atoms with Crippen LogP contribution in [0, 0.1) is 0 Å². The number of carbonyl (C=O) groups is 2. The second kappa shape index (κ2) is 6.45. The molecule has 98 valence electrons. The minimum Gasteiger partial charge on any atom is -0.508 e. The van der Waals surface area contributed by atoms with E-state index in [1.54, 1.807) is 19.1 Å². The molecule has 0 aliphatic heterocycles. The van der Waals surface area contributed by atoms with Crippen LogP contribution in [-0.4, -0.2) is 35.4 Å². The van der Waals surface area contributed by atoms with Gasteiger partial charge in [0.25, 0.3) is 0 Å². The van der Waals surface area contributed by atoms with Gasteiger partial charge in [-0.3, -0.25) is 9.74 Å². The first-order valence-corrected chi connectivity index (χ1v) is 5.24. The fraction of sp³-hybridized carbons (Fsp3) is 0.273. The Morgan fingerprint density at radius 1 is 1.44 bits per heavy atom. The van der Waals surface area contributed by atoms with E-state index in [2.05, 4.69) is 4.84 Å². The summed E-state index contributed by atoms with van der Waals surface area (Å²) in [6.07, 6.45) is 0. The third kappa shape index (κ3) is 3.95. The lowest BCUT2D eigenvalue weighted by Crippen LogP contribution is -2.40. The third-order valence-corrected chi connectivity index (χ3v) is 2.06. The SMILES string of the molecule is CCN(C(=O)NOCC(=O)O)c1cccc(O)c1. The minimum atomic E-state index is -1.18. The topological polar surface area (TPSA) is 99.1 Å². The minimum absolute atomic E-state index is 0.0326. The van der Waals surface area contributed by atoms with Gasteiger partial charge in [-0.15, -0.1) is 0 Å². The van der Waals surface area contributed by atoms with Crippen molar-refractivity contribution in [2.24, 2.45) is 0 Å². The molecular weight excluding hydrogens is 240 g/mol. The summed E-state index contributed by atoms with van der Waals surface area (Å²) in [6.45, 7) is 1.45. The highest BCUT2D eigenvalue weighted by atomic mass is 16.7. The molecule has 1 rings (SSSR count). The first kappa shape index (κ1) is 13.8. The van der Waals surface area contributed by atoms with Crippen LogP contribution in [0.4, 0.5) is 10.5 Å². The molecule has 7 nitrogen and oxygen atoms in total. The van der Waals surface area contributed by atoms with E-state index in [9.17, 15) is 14.7 Å². The Bertz CT molecular complexity index is 435. The maximum atomic E-state index is 11.7. The highest BCUT2D eigenvalue weighted by Crippen LogP contribution is 2.19. The maximum absolute atomic E-state index is 11.7. The number of aliphatic carboxylic acids is 1. The van der Waals surface area contributed by atoms with Crippen molar-refractivity contribution in [2.45, 2.75) is 6.92 Å². The summed E-state index contributed by atoms with van der Waals surface area (Å²) in [5, 5.41) is 17.7. The molecular formula is C11H14N2O5. The first-order valence-electron chi connectivity index (χ1n) is 5.24. The number of phenolic OH excluding ortho intramolecular Hbond substituents is 1. The van der Waals surface area contributed by atoms with Crippen LogP contribution in [0.3, 0.4) is 0 Å². The molecule has 7 heteroatoms. The number of carbonyl (C=O) groups excluding carboxylic acids is 1. The van der Waals surface area contributed by atoms with Gasteiger partial charge in [0.05, 0.1) is 0 Å². The van der Waals surface area contributed by atoms with E-state index in [1.165, 1.54) is 17.0 Å². The molecule has 0 aliphatic carbocycles. The molecule has 0 atom stereocenters. The number of urea groups is 1. The predicted octanol–water partition coefficient (Wildman–Crippen LogP) is 0.944. The Morgan fingerprint density at radius 3 is 2.72 bits per heavy atom.